The maximum Gasteiger partial charge on any atom is 0.352 e. The van der Waals surface area contributed by atoms with Gasteiger partial charge in [0.15, 0.2) is 0 Å². The minimum atomic E-state index is -1.20. The number of nitrogens with one attached hydrogen (secondary N) is 1. The lowest BCUT2D eigenvalue weighted by atomic mass is 10.1. The molecular weight excluding hydrogens is 318 g/mol. The number of benzene rings is 2. The molecule has 5 nitrogen and oxygen atoms in total. The Morgan fingerprint density at radius 3 is 2.28 bits per heavy atom. The molecule has 0 aliphatic heterocycles. The highest BCUT2D eigenvalue weighted by molar-refractivity contribution is 6.02. The first-order chi connectivity index (χ1) is 12.0. The van der Waals surface area contributed by atoms with E-state index in [4.69, 9.17) is 4.74 Å². The molecule has 5 heteroatoms. The maximum atomic E-state index is 12.3. The van der Waals surface area contributed by atoms with Crippen LogP contribution in [0.4, 0.5) is 0 Å². The number of ether oxygens (including phenoxy) is 1. The molecule has 0 radical (unpaired) electrons. The lowest BCUT2D eigenvalue weighted by molar-refractivity contribution is -0.132. The van der Waals surface area contributed by atoms with Crippen LogP contribution in [-0.4, -0.2) is 23.6 Å². The van der Waals surface area contributed by atoms with Gasteiger partial charge in [-0.1, -0.05) is 44.2 Å². The molecule has 2 aromatic carbocycles. The van der Waals surface area contributed by atoms with Gasteiger partial charge in [0, 0.05) is 5.56 Å². The molecule has 2 rings (SSSR count). The second kappa shape index (κ2) is 8.68. The van der Waals surface area contributed by atoms with Gasteiger partial charge in [0.05, 0.1) is 6.61 Å². The van der Waals surface area contributed by atoms with Gasteiger partial charge in [-0.2, -0.15) is 0 Å². The van der Waals surface area contributed by atoms with Gasteiger partial charge < -0.3 is 15.2 Å². The molecule has 0 heterocycles. The molecule has 0 aliphatic rings. The molecule has 0 saturated heterocycles. The number of hydrogen-bond acceptors (Lipinski definition) is 3. The van der Waals surface area contributed by atoms with E-state index < -0.39 is 11.9 Å². The van der Waals surface area contributed by atoms with Gasteiger partial charge >= 0.3 is 5.97 Å². The van der Waals surface area contributed by atoms with Crippen LogP contribution in [0.5, 0.6) is 5.75 Å². The third-order valence-corrected chi connectivity index (χ3v) is 3.29. The molecular formula is C20H21NO4. The van der Waals surface area contributed by atoms with E-state index in [-0.39, 0.29) is 5.70 Å². The Morgan fingerprint density at radius 1 is 1.08 bits per heavy atom. The summed E-state index contributed by atoms with van der Waals surface area (Å²) in [5.74, 6) is -0.609. The Hall–Kier alpha value is -3.08. The minimum absolute atomic E-state index is 0.184. The van der Waals surface area contributed by atoms with Crippen molar-refractivity contribution in [1.29, 1.82) is 0 Å². The van der Waals surface area contributed by atoms with Gasteiger partial charge in [0.25, 0.3) is 5.91 Å². The Kier molecular flexibility index (Phi) is 6.34. The third-order valence-electron chi connectivity index (χ3n) is 3.29. The molecule has 25 heavy (non-hydrogen) atoms. The highest BCUT2D eigenvalue weighted by Crippen LogP contribution is 2.14. The Morgan fingerprint density at radius 2 is 1.72 bits per heavy atom. The van der Waals surface area contributed by atoms with Gasteiger partial charge in [0.1, 0.15) is 11.4 Å². The number of rotatable bonds is 7. The molecule has 2 N–H and O–H groups in total. The summed E-state index contributed by atoms with van der Waals surface area (Å²) in [4.78, 5) is 23.6. The van der Waals surface area contributed by atoms with Crippen LogP contribution in [-0.2, 0) is 4.79 Å². The summed E-state index contributed by atoms with van der Waals surface area (Å²) in [6, 6.07) is 15.5. The van der Waals surface area contributed by atoms with Crippen LogP contribution in [0.2, 0.25) is 0 Å². The highest BCUT2D eigenvalue weighted by Gasteiger charge is 2.13. The van der Waals surface area contributed by atoms with Crippen molar-refractivity contribution in [3.05, 3.63) is 71.4 Å². The SMILES string of the molecule is CC(C)COc1ccc(C(=O)N/C(=C/c2ccccc2)C(=O)O)cc1. The number of carboxylic acids is 1. The van der Waals surface area contributed by atoms with Gasteiger partial charge in [-0.15, -0.1) is 0 Å². The highest BCUT2D eigenvalue weighted by atomic mass is 16.5. The lowest BCUT2D eigenvalue weighted by Crippen LogP contribution is -2.27. The summed E-state index contributed by atoms with van der Waals surface area (Å²) in [6.07, 6.45) is 1.42. The molecule has 0 saturated carbocycles. The normalized spacial score (nSPS) is 11.2. The second-order valence-electron chi connectivity index (χ2n) is 5.96. The largest absolute Gasteiger partial charge is 0.493 e. The van der Waals surface area contributed by atoms with Crippen LogP contribution in [0, 0.1) is 5.92 Å². The summed E-state index contributed by atoms with van der Waals surface area (Å²) in [7, 11) is 0. The number of carbonyl (C=O) groups is 2. The van der Waals surface area contributed by atoms with E-state index in [9.17, 15) is 14.7 Å². The molecule has 0 aliphatic carbocycles. The molecule has 0 bridgehead atoms. The fourth-order valence-corrected chi connectivity index (χ4v) is 2.03. The topological polar surface area (TPSA) is 75.6 Å². The van der Waals surface area contributed by atoms with E-state index >= 15 is 0 Å². The number of carboxylic acid groups (broad SMARTS) is 1. The quantitative estimate of drug-likeness (QED) is 0.756. The predicted octanol–water partition coefficient (Wildman–Crippen LogP) is 3.58. The van der Waals surface area contributed by atoms with Crippen molar-refractivity contribution in [2.75, 3.05) is 6.61 Å². The number of aliphatic carboxylic acids is 1. The third kappa shape index (κ3) is 5.80. The van der Waals surface area contributed by atoms with Crippen molar-refractivity contribution in [3.63, 3.8) is 0 Å². The Bertz CT molecular complexity index is 749. The Labute approximate surface area is 146 Å². The summed E-state index contributed by atoms with van der Waals surface area (Å²) >= 11 is 0. The van der Waals surface area contributed by atoms with Crippen LogP contribution in [0.1, 0.15) is 29.8 Å². The van der Waals surface area contributed by atoms with Crippen molar-refractivity contribution in [2.45, 2.75) is 13.8 Å². The number of carbonyl (C=O) groups excluding carboxylic acids is 1. The summed E-state index contributed by atoms with van der Waals surface area (Å²) in [5, 5.41) is 11.7. The first-order valence-electron chi connectivity index (χ1n) is 8.00. The molecule has 1 amide bonds. The van der Waals surface area contributed by atoms with Gasteiger partial charge in [-0.3, -0.25) is 4.79 Å². The summed E-state index contributed by atoms with van der Waals surface area (Å²) in [5.41, 5.74) is 0.867. The molecule has 2 aromatic rings. The van der Waals surface area contributed by atoms with Crippen LogP contribution in [0.25, 0.3) is 6.08 Å². The van der Waals surface area contributed by atoms with E-state index in [1.807, 2.05) is 19.9 Å². The van der Waals surface area contributed by atoms with Crippen molar-refractivity contribution in [1.82, 2.24) is 5.32 Å². The van der Waals surface area contributed by atoms with Crippen LogP contribution in [0.15, 0.2) is 60.3 Å². The fourth-order valence-electron chi connectivity index (χ4n) is 2.03. The maximum absolute atomic E-state index is 12.3. The van der Waals surface area contributed by atoms with Crippen molar-refractivity contribution < 1.29 is 19.4 Å². The zero-order valence-electron chi connectivity index (χ0n) is 14.2. The van der Waals surface area contributed by atoms with Crippen LogP contribution >= 0.6 is 0 Å². The standard InChI is InChI=1S/C20H21NO4/c1-14(2)13-25-17-10-8-16(9-11-17)19(22)21-18(20(23)24)12-15-6-4-3-5-7-15/h3-12,14H,13H2,1-2H3,(H,21,22)(H,23,24)/b18-12+. The molecule has 0 aromatic heterocycles. The minimum Gasteiger partial charge on any atom is -0.493 e. The first kappa shape index (κ1) is 18.3. The van der Waals surface area contributed by atoms with E-state index in [2.05, 4.69) is 5.32 Å². The Balaban J connectivity index is 2.08. The second-order valence-corrected chi connectivity index (χ2v) is 5.96. The van der Waals surface area contributed by atoms with Crippen LogP contribution in [0.3, 0.4) is 0 Å². The van der Waals surface area contributed by atoms with Gasteiger partial charge in [-0.25, -0.2) is 4.79 Å². The van der Waals surface area contributed by atoms with Gasteiger partial charge in [-0.05, 0) is 41.8 Å². The molecule has 0 fully saturated rings. The smallest absolute Gasteiger partial charge is 0.352 e. The average molecular weight is 339 g/mol. The predicted molar refractivity (Wildman–Crippen MR) is 96.3 cm³/mol. The average Bonchev–Trinajstić information content (AvgIpc) is 2.60. The summed E-state index contributed by atoms with van der Waals surface area (Å²) in [6.45, 7) is 4.69. The molecule has 0 unspecified atom stereocenters. The zero-order chi connectivity index (χ0) is 18.2. The molecule has 0 spiro atoms. The van der Waals surface area contributed by atoms with Gasteiger partial charge in [0.2, 0.25) is 0 Å². The van der Waals surface area contributed by atoms with Crippen molar-refractivity contribution >= 4 is 18.0 Å². The summed E-state index contributed by atoms with van der Waals surface area (Å²) < 4.78 is 5.56. The molecule has 130 valence electrons. The fraction of sp³-hybridized carbons (Fsp3) is 0.200. The van der Waals surface area contributed by atoms with Crippen molar-refractivity contribution in [3.8, 4) is 5.75 Å². The van der Waals surface area contributed by atoms with E-state index in [1.54, 1.807) is 48.5 Å². The monoisotopic (exact) mass is 339 g/mol. The number of hydrogen-bond donors (Lipinski definition) is 2. The number of amides is 1. The lowest BCUT2D eigenvalue weighted by Gasteiger charge is -2.10. The molecule has 0 atom stereocenters. The first-order valence-corrected chi connectivity index (χ1v) is 8.00. The van der Waals surface area contributed by atoms with Crippen molar-refractivity contribution in [2.24, 2.45) is 5.92 Å². The van der Waals surface area contributed by atoms with E-state index in [0.717, 1.165) is 0 Å². The zero-order valence-corrected chi connectivity index (χ0v) is 14.2. The van der Waals surface area contributed by atoms with E-state index in [1.165, 1.54) is 6.08 Å². The van der Waals surface area contributed by atoms with Crippen LogP contribution < -0.4 is 10.1 Å². The van der Waals surface area contributed by atoms with E-state index in [0.29, 0.717) is 29.4 Å².